The predicted molar refractivity (Wildman–Crippen MR) is 106 cm³/mol. The zero-order valence-corrected chi connectivity index (χ0v) is 16.2. The van der Waals surface area contributed by atoms with Crippen LogP contribution in [-0.4, -0.2) is 12.8 Å². The van der Waals surface area contributed by atoms with Gasteiger partial charge in [0.25, 0.3) is 0 Å². The molecule has 0 aliphatic rings. The fourth-order valence-corrected chi connectivity index (χ4v) is 2.88. The third kappa shape index (κ3) is 5.29. The van der Waals surface area contributed by atoms with Crippen LogP contribution in [0.1, 0.15) is 22.3 Å². The lowest BCUT2D eigenvalue weighted by molar-refractivity contribution is -0.137. The number of alkyl halides is 3. The predicted octanol–water partition coefficient (Wildman–Crippen LogP) is 6.34. The average molecular weight is 420 g/mol. The molecule has 3 aromatic rings. The van der Waals surface area contributed by atoms with Crippen LogP contribution in [0.3, 0.4) is 0 Å². The number of ether oxygens (including phenoxy) is 1. The van der Waals surface area contributed by atoms with E-state index in [9.17, 15) is 13.2 Å². The molecule has 0 aliphatic heterocycles. The lowest BCUT2D eigenvalue weighted by Crippen LogP contribution is -2.15. The Morgan fingerprint density at radius 3 is 2.28 bits per heavy atom. The van der Waals surface area contributed by atoms with E-state index in [4.69, 9.17) is 21.2 Å². The molecule has 7 heteroatoms. The lowest BCUT2D eigenvalue weighted by Gasteiger charge is -2.15. The largest absolute Gasteiger partial charge is 0.497 e. The number of oxime groups is 1. The summed E-state index contributed by atoms with van der Waals surface area (Å²) in [7, 11) is 1.56. The van der Waals surface area contributed by atoms with Gasteiger partial charge in [0.2, 0.25) is 0 Å². The molecule has 0 saturated carbocycles. The van der Waals surface area contributed by atoms with E-state index in [2.05, 4.69) is 5.16 Å². The van der Waals surface area contributed by atoms with Gasteiger partial charge in [-0.05, 0) is 35.9 Å². The molecule has 0 heterocycles. The molecule has 0 amide bonds. The minimum Gasteiger partial charge on any atom is -0.497 e. The van der Waals surface area contributed by atoms with Gasteiger partial charge in [-0.3, -0.25) is 0 Å². The van der Waals surface area contributed by atoms with E-state index in [1.54, 1.807) is 61.7 Å². The summed E-state index contributed by atoms with van der Waals surface area (Å²) in [4.78, 5) is 5.41. The quantitative estimate of drug-likeness (QED) is 0.345. The van der Waals surface area contributed by atoms with E-state index in [0.29, 0.717) is 11.3 Å². The van der Waals surface area contributed by atoms with Crippen molar-refractivity contribution in [2.24, 2.45) is 5.16 Å². The number of halogens is 4. The fourth-order valence-electron chi connectivity index (χ4n) is 2.71. The molecule has 0 unspecified atom stereocenters. The summed E-state index contributed by atoms with van der Waals surface area (Å²) in [5.74, 6) is 0.691. The summed E-state index contributed by atoms with van der Waals surface area (Å²) in [5.41, 5.74) is 0.344. The molecule has 3 nitrogen and oxygen atoms in total. The summed E-state index contributed by atoms with van der Waals surface area (Å²) in [6.07, 6.45) is -4.56. The molecule has 29 heavy (non-hydrogen) atoms. The first-order valence-electron chi connectivity index (χ1n) is 8.64. The molecule has 0 spiro atoms. The minimum absolute atomic E-state index is 0.0499. The van der Waals surface area contributed by atoms with E-state index in [0.717, 1.165) is 11.6 Å². The van der Waals surface area contributed by atoms with Gasteiger partial charge in [0.05, 0.1) is 12.7 Å². The van der Waals surface area contributed by atoms with E-state index in [1.807, 2.05) is 0 Å². The van der Waals surface area contributed by atoms with Crippen LogP contribution in [0.2, 0.25) is 5.02 Å². The van der Waals surface area contributed by atoms with Crippen molar-refractivity contribution in [1.82, 2.24) is 0 Å². The van der Waals surface area contributed by atoms with Gasteiger partial charge >= 0.3 is 6.18 Å². The standard InChI is InChI=1S/C22H17ClF3NO2/c1-28-18-10-7-15(8-11-18)14-29-27-21(16-5-3-2-4-6-16)19-13-17(23)9-12-20(19)22(24,25)26/h2-13H,14H2,1H3. The third-order valence-corrected chi connectivity index (χ3v) is 4.37. The Morgan fingerprint density at radius 2 is 1.66 bits per heavy atom. The molecule has 150 valence electrons. The normalized spacial score (nSPS) is 12.0. The van der Waals surface area contributed by atoms with Gasteiger partial charge in [-0.1, -0.05) is 59.2 Å². The van der Waals surface area contributed by atoms with Crippen LogP contribution in [0.25, 0.3) is 0 Å². The number of hydrogen-bond donors (Lipinski definition) is 0. The van der Waals surface area contributed by atoms with Crippen molar-refractivity contribution in [2.75, 3.05) is 7.11 Å². The highest BCUT2D eigenvalue weighted by Gasteiger charge is 2.35. The van der Waals surface area contributed by atoms with E-state index in [-0.39, 0.29) is 22.9 Å². The second-order valence-corrected chi connectivity index (χ2v) is 6.55. The fraction of sp³-hybridized carbons (Fsp3) is 0.136. The highest BCUT2D eigenvalue weighted by atomic mass is 35.5. The zero-order valence-electron chi connectivity index (χ0n) is 15.4. The lowest BCUT2D eigenvalue weighted by atomic mass is 9.97. The van der Waals surface area contributed by atoms with Gasteiger partial charge in [0, 0.05) is 16.1 Å². The molecule has 0 N–H and O–H groups in total. The Balaban J connectivity index is 1.98. The van der Waals surface area contributed by atoms with Crippen LogP contribution in [0.4, 0.5) is 13.2 Å². The smallest absolute Gasteiger partial charge is 0.417 e. The molecule has 3 aromatic carbocycles. The highest BCUT2D eigenvalue weighted by Crippen LogP contribution is 2.34. The second-order valence-electron chi connectivity index (χ2n) is 6.12. The van der Waals surface area contributed by atoms with Gasteiger partial charge in [-0.25, -0.2) is 0 Å². The monoisotopic (exact) mass is 419 g/mol. The molecule has 0 radical (unpaired) electrons. The number of nitrogens with zero attached hydrogens (tertiary/aromatic N) is 1. The summed E-state index contributed by atoms with van der Waals surface area (Å²) in [6, 6.07) is 19.0. The molecule has 0 atom stereocenters. The van der Waals surface area contributed by atoms with Crippen molar-refractivity contribution >= 4 is 17.3 Å². The Kier molecular flexibility index (Phi) is 6.44. The van der Waals surface area contributed by atoms with Gasteiger partial charge in [-0.15, -0.1) is 0 Å². The van der Waals surface area contributed by atoms with E-state index in [1.165, 1.54) is 12.1 Å². The molecule has 0 saturated heterocycles. The van der Waals surface area contributed by atoms with Crippen molar-refractivity contribution in [2.45, 2.75) is 12.8 Å². The summed E-state index contributed by atoms with van der Waals surface area (Å²) in [6.45, 7) is 0.0856. The second kappa shape index (κ2) is 9.01. The van der Waals surface area contributed by atoms with Crippen LogP contribution in [0.15, 0.2) is 78.0 Å². The molecule has 0 aliphatic carbocycles. The molecular formula is C22H17ClF3NO2. The SMILES string of the molecule is COc1ccc(CON=C(c2ccccc2)c2cc(Cl)ccc2C(F)(F)F)cc1. The Morgan fingerprint density at radius 1 is 0.966 bits per heavy atom. The maximum atomic E-state index is 13.6. The van der Waals surface area contributed by atoms with Gasteiger partial charge in [-0.2, -0.15) is 13.2 Å². The van der Waals surface area contributed by atoms with Gasteiger partial charge in [0.1, 0.15) is 18.1 Å². The van der Waals surface area contributed by atoms with Crippen molar-refractivity contribution in [3.63, 3.8) is 0 Å². The number of hydrogen-bond acceptors (Lipinski definition) is 3. The number of methoxy groups -OCH3 is 1. The van der Waals surface area contributed by atoms with Crippen molar-refractivity contribution in [3.8, 4) is 5.75 Å². The molecular weight excluding hydrogens is 403 g/mol. The van der Waals surface area contributed by atoms with Crippen LogP contribution in [0, 0.1) is 0 Å². The first kappa shape index (κ1) is 20.7. The van der Waals surface area contributed by atoms with Crippen molar-refractivity contribution in [1.29, 1.82) is 0 Å². The maximum absolute atomic E-state index is 13.6. The summed E-state index contributed by atoms with van der Waals surface area (Å²) in [5, 5.41) is 4.22. The zero-order chi connectivity index (χ0) is 20.9. The minimum atomic E-state index is -4.56. The Bertz CT molecular complexity index is 987. The van der Waals surface area contributed by atoms with Gasteiger partial charge in [0.15, 0.2) is 0 Å². The molecule has 0 fully saturated rings. The Labute approximate surface area is 171 Å². The van der Waals surface area contributed by atoms with E-state index < -0.39 is 11.7 Å². The first-order valence-corrected chi connectivity index (χ1v) is 9.01. The number of benzene rings is 3. The molecule has 3 rings (SSSR count). The van der Waals surface area contributed by atoms with Crippen LogP contribution in [-0.2, 0) is 17.6 Å². The van der Waals surface area contributed by atoms with Crippen LogP contribution < -0.4 is 4.74 Å². The maximum Gasteiger partial charge on any atom is 0.417 e. The number of rotatable bonds is 6. The molecule has 0 aromatic heterocycles. The van der Waals surface area contributed by atoms with Crippen molar-refractivity contribution in [3.05, 3.63) is 100 Å². The topological polar surface area (TPSA) is 30.8 Å². The summed E-state index contributed by atoms with van der Waals surface area (Å²) >= 11 is 5.98. The summed E-state index contributed by atoms with van der Waals surface area (Å²) < 4.78 is 45.8. The third-order valence-electron chi connectivity index (χ3n) is 4.14. The van der Waals surface area contributed by atoms with Crippen LogP contribution in [0.5, 0.6) is 5.75 Å². The molecule has 0 bridgehead atoms. The highest BCUT2D eigenvalue weighted by molar-refractivity contribution is 6.31. The van der Waals surface area contributed by atoms with E-state index >= 15 is 0 Å². The van der Waals surface area contributed by atoms with Gasteiger partial charge < -0.3 is 9.57 Å². The van der Waals surface area contributed by atoms with Crippen LogP contribution >= 0.6 is 11.6 Å². The Hall–Kier alpha value is -2.99. The van der Waals surface area contributed by atoms with Crippen molar-refractivity contribution < 1.29 is 22.7 Å². The average Bonchev–Trinajstić information content (AvgIpc) is 2.71. The first-order chi connectivity index (χ1) is 13.9.